The minimum absolute atomic E-state index is 0.0623. The molecule has 4 aliphatic heterocycles. The monoisotopic (exact) mass is 408 g/mol. The SMILES string of the molecule is C[C@@H]1C(=O)O[C@H]2CC34[C@H]5CC(C(C)(C)C)C36C(O)C(=O)O[C@H]6O[C@@]4(C(=O)O5)[C@]21O. The van der Waals surface area contributed by atoms with Gasteiger partial charge in [0, 0.05) is 6.42 Å². The standard InChI is InChI=1S/C20H24O9/c1-7-12(22)26-10-6-17-9-5-8(16(2,3)4)18(17)11(21)13(23)28-15(18)29-20(17,14(24)27-9)19(7,10)25/h7-11,15,21,25H,5-6H2,1-4H3/t7-,8?,9-,10+,11?,15+,17?,18?,19-,20-/m1/s1. The molecule has 4 unspecified atom stereocenters. The Morgan fingerprint density at radius 2 is 1.72 bits per heavy atom. The third-order valence-electron chi connectivity index (χ3n) is 8.97. The molecule has 0 aromatic rings. The molecule has 0 aromatic carbocycles. The Hall–Kier alpha value is -1.71. The predicted octanol–water partition coefficient (Wildman–Crippen LogP) is -0.340. The smallest absolute Gasteiger partial charge is 0.342 e. The number of esters is 3. The summed E-state index contributed by atoms with van der Waals surface area (Å²) in [5.74, 6) is -3.52. The Bertz CT molecular complexity index is 893. The number of carbonyl (C=O) groups excluding carboxylic acids is 3. The van der Waals surface area contributed by atoms with Crippen molar-refractivity contribution < 1.29 is 43.5 Å². The number of aliphatic hydroxyl groups is 2. The molecule has 6 aliphatic rings. The zero-order valence-corrected chi connectivity index (χ0v) is 16.6. The average Bonchev–Trinajstić information content (AvgIpc) is 3.31. The van der Waals surface area contributed by atoms with Crippen LogP contribution in [0.25, 0.3) is 0 Å². The third-order valence-corrected chi connectivity index (χ3v) is 8.97. The van der Waals surface area contributed by atoms with Crippen molar-refractivity contribution in [3.05, 3.63) is 0 Å². The summed E-state index contributed by atoms with van der Waals surface area (Å²) < 4.78 is 22.9. The minimum atomic E-state index is -1.97. The first-order chi connectivity index (χ1) is 13.4. The van der Waals surface area contributed by atoms with Gasteiger partial charge in [0.25, 0.3) is 0 Å². The molecule has 2 spiro atoms. The van der Waals surface area contributed by atoms with Gasteiger partial charge >= 0.3 is 17.9 Å². The number of hydrogen-bond acceptors (Lipinski definition) is 9. The number of hydrogen-bond donors (Lipinski definition) is 2. The van der Waals surface area contributed by atoms with Gasteiger partial charge in [-0.05, 0) is 24.7 Å². The molecule has 9 nitrogen and oxygen atoms in total. The largest absolute Gasteiger partial charge is 0.459 e. The van der Waals surface area contributed by atoms with Crippen molar-refractivity contribution in [3.8, 4) is 0 Å². The van der Waals surface area contributed by atoms with Gasteiger partial charge in [0.2, 0.25) is 11.9 Å². The lowest BCUT2D eigenvalue weighted by Crippen LogP contribution is -2.66. The third kappa shape index (κ3) is 1.35. The molecule has 0 amide bonds. The van der Waals surface area contributed by atoms with E-state index in [-0.39, 0.29) is 17.8 Å². The molecule has 0 radical (unpaired) electrons. The number of aliphatic hydroxyl groups excluding tert-OH is 1. The molecule has 2 N–H and O–H groups in total. The van der Waals surface area contributed by atoms with E-state index in [4.69, 9.17) is 18.9 Å². The molecule has 4 heterocycles. The van der Waals surface area contributed by atoms with Crippen LogP contribution < -0.4 is 0 Å². The van der Waals surface area contributed by atoms with Crippen molar-refractivity contribution >= 4 is 17.9 Å². The molecule has 9 heteroatoms. The van der Waals surface area contributed by atoms with E-state index in [1.165, 1.54) is 6.92 Å². The molecular weight excluding hydrogens is 384 g/mol. The number of fused-ring (bicyclic) bond motifs is 1. The van der Waals surface area contributed by atoms with Crippen molar-refractivity contribution in [1.82, 2.24) is 0 Å². The van der Waals surface area contributed by atoms with E-state index in [2.05, 4.69) is 0 Å². The topological polar surface area (TPSA) is 129 Å². The molecule has 0 bridgehead atoms. The van der Waals surface area contributed by atoms with E-state index in [1.54, 1.807) is 0 Å². The summed E-state index contributed by atoms with van der Waals surface area (Å²) in [7, 11) is 0. The fourth-order valence-electron chi connectivity index (χ4n) is 8.06. The Balaban J connectivity index is 1.68. The van der Waals surface area contributed by atoms with Crippen LogP contribution in [-0.4, -0.2) is 63.9 Å². The van der Waals surface area contributed by atoms with Crippen molar-refractivity contribution in [2.24, 2.45) is 28.1 Å². The van der Waals surface area contributed by atoms with Crippen LogP contribution in [0.15, 0.2) is 0 Å². The summed E-state index contributed by atoms with van der Waals surface area (Å²) in [6.45, 7) is 7.47. The molecule has 4 saturated heterocycles. The van der Waals surface area contributed by atoms with Crippen molar-refractivity contribution in [2.75, 3.05) is 0 Å². The highest BCUT2D eigenvalue weighted by molar-refractivity contribution is 5.93. The highest BCUT2D eigenvalue weighted by Gasteiger charge is 3.01. The van der Waals surface area contributed by atoms with Gasteiger partial charge in [0.1, 0.15) is 12.2 Å². The number of ether oxygens (including phenoxy) is 4. The quantitative estimate of drug-likeness (QED) is 0.408. The van der Waals surface area contributed by atoms with Crippen LogP contribution in [0, 0.1) is 28.1 Å². The first-order valence-corrected chi connectivity index (χ1v) is 10.1. The van der Waals surface area contributed by atoms with Gasteiger partial charge in [-0.1, -0.05) is 20.8 Å². The van der Waals surface area contributed by atoms with Gasteiger partial charge in [-0.3, -0.25) is 4.79 Å². The Morgan fingerprint density at radius 3 is 2.38 bits per heavy atom. The van der Waals surface area contributed by atoms with Gasteiger partial charge in [-0.15, -0.1) is 0 Å². The highest BCUT2D eigenvalue weighted by atomic mass is 16.8. The average molecular weight is 408 g/mol. The van der Waals surface area contributed by atoms with Crippen LogP contribution in [0.1, 0.15) is 40.5 Å². The van der Waals surface area contributed by atoms with Gasteiger partial charge in [-0.2, -0.15) is 0 Å². The van der Waals surface area contributed by atoms with Gasteiger partial charge in [-0.25, -0.2) is 9.59 Å². The van der Waals surface area contributed by atoms with E-state index < -0.39 is 70.5 Å². The second kappa shape index (κ2) is 4.48. The fraction of sp³-hybridized carbons (Fsp3) is 0.850. The summed E-state index contributed by atoms with van der Waals surface area (Å²) in [4.78, 5) is 38.1. The van der Waals surface area contributed by atoms with Gasteiger partial charge in [0.05, 0.1) is 16.7 Å². The maximum atomic E-state index is 13.3. The summed E-state index contributed by atoms with van der Waals surface area (Å²) in [5, 5.41) is 23.0. The molecular formula is C20H24O9. The van der Waals surface area contributed by atoms with Crippen LogP contribution in [0.3, 0.4) is 0 Å². The predicted molar refractivity (Wildman–Crippen MR) is 90.6 cm³/mol. The molecule has 0 aromatic heterocycles. The molecule has 6 rings (SSSR count). The summed E-state index contributed by atoms with van der Waals surface area (Å²) in [5.41, 5.74) is -6.81. The van der Waals surface area contributed by atoms with E-state index in [9.17, 15) is 24.6 Å². The Labute approximate surface area is 166 Å². The molecule has 2 aliphatic carbocycles. The number of rotatable bonds is 0. The molecule has 10 atom stereocenters. The lowest BCUT2D eigenvalue weighted by atomic mass is 9.51. The van der Waals surface area contributed by atoms with Crippen LogP contribution in [0.2, 0.25) is 0 Å². The Kier molecular flexibility index (Phi) is 2.79. The fourth-order valence-corrected chi connectivity index (χ4v) is 8.06. The van der Waals surface area contributed by atoms with Crippen molar-refractivity contribution in [1.29, 1.82) is 0 Å². The zero-order chi connectivity index (χ0) is 20.9. The lowest BCUT2D eigenvalue weighted by molar-refractivity contribution is -0.238. The van der Waals surface area contributed by atoms with E-state index in [1.807, 2.05) is 20.8 Å². The van der Waals surface area contributed by atoms with Gasteiger partial charge < -0.3 is 29.2 Å². The van der Waals surface area contributed by atoms with Crippen LogP contribution in [-0.2, 0) is 33.3 Å². The van der Waals surface area contributed by atoms with E-state index in [0.717, 1.165) is 0 Å². The minimum Gasteiger partial charge on any atom is -0.459 e. The maximum absolute atomic E-state index is 13.3. The van der Waals surface area contributed by atoms with Crippen molar-refractivity contribution in [2.45, 2.75) is 76.3 Å². The normalized spacial score (nSPS) is 59.2. The number of carbonyl (C=O) groups is 3. The summed E-state index contributed by atoms with van der Waals surface area (Å²) >= 11 is 0. The summed E-state index contributed by atoms with van der Waals surface area (Å²) in [6, 6.07) is 0. The van der Waals surface area contributed by atoms with Crippen LogP contribution in [0.5, 0.6) is 0 Å². The maximum Gasteiger partial charge on any atom is 0.342 e. The lowest BCUT2D eigenvalue weighted by Gasteiger charge is -2.46. The van der Waals surface area contributed by atoms with E-state index in [0.29, 0.717) is 6.42 Å². The zero-order valence-electron chi connectivity index (χ0n) is 16.6. The van der Waals surface area contributed by atoms with Crippen LogP contribution in [0.4, 0.5) is 0 Å². The molecule has 158 valence electrons. The molecule has 29 heavy (non-hydrogen) atoms. The Morgan fingerprint density at radius 1 is 1.03 bits per heavy atom. The molecule has 6 fully saturated rings. The van der Waals surface area contributed by atoms with Crippen molar-refractivity contribution in [3.63, 3.8) is 0 Å². The van der Waals surface area contributed by atoms with Gasteiger partial charge in [0.15, 0.2) is 11.7 Å². The van der Waals surface area contributed by atoms with Crippen LogP contribution >= 0.6 is 0 Å². The first kappa shape index (κ1) is 18.1. The highest BCUT2D eigenvalue weighted by Crippen LogP contribution is 2.84. The second-order valence-electron chi connectivity index (χ2n) is 10.6. The van der Waals surface area contributed by atoms with E-state index >= 15 is 0 Å². The molecule has 2 saturated carbocycles. The second-order valence-corrected chi connectivity index (χ2v) is 10.6. The summed E-state index contributed by atoms with van der Waals surface area (Å²) in [6.07, 6.45) is -3.96. The first-order valence-electron chi connectivity index (χ1n) is 10.1.